The van der Waals surface area contributed by atoms with Crippen LogP contribution in [0.5, 0.6) is 0 Å². The average molecular weight is 527 g/mol. The average Bonchev–Trinajstić information content (AvgIpc) is 2.74. The zero-order valence-electron chi connectivity index (χ0n) is 19.2. The molecule has 3 N–H and O–H groups in total. The third kappa shape index (κ3) is 5.42. The molecule has 0 aliphatic carbocycles. The molecule has 0 unspecified atom stereocenters. The molecule has 2 aliphatic rings. The van der Waals surface area contributed by atoms with Gasteiger partial charge in [-0.1, -0.05) is 23.7 Å². The minimum absolute atomic E-state index is 0. The predicted molar refractivity (Wildman–Crippen MR) is 131 cm³/mol. The number of guanidine groups is 1. The van der Waals surface area contributed by atoms with Crippen molar-refractivity contribution in [2.75, 3.05) is 11.9 Å². The fraction of sp³-hybridized carbons (Fsp3) is 0.375. The van der Waals surface area contributed by atoms with Gasteiger partial charge in [0.05, 0.1) is 34.3 Å². The summed E-state index contributed by atoms with van der Waals surface area (Å²) >= 11 is 6.61. The lowest BCUT2D eigenvalue weighted by atomic mass is 9.85. The van der Waals surface area contributed by atoms with E-state index in [0.717, 1.165) is 12.1 Å². The second kappa shape index (κ2) is 10.5. The highest BCUT2D eigenvalue weighted by atomic mass is 35.5. The number of benzene rings is 2. The van der Waals surface area contributed by atoms with Crippen LogP contribution in [0.15, 0.2) is 36.4 Å². The molecule has 3 atom stereocenters. The first kappa shape index (κ1) is 26.8. The molecule has 0 spiro atoms. The first-order chi connectivity index (χ1) is 16.1. The van der Waals surface area contributed by atoms with Crippen molar-refractivity contribution in [1.29, 1.82) is 5.41 Å². The van der Waals surface area contributed by atoms with E-state index in [1.54, 1.807) is 25.1 Å². The Bertz CT molecular complexity index is 1150. The van der Waals surface area contributed by atoms with Gasteiger partial charge in [-0.2, -0.15) is 0 Å². The van der Waals surface area contributed by atoms with Gasteiger partial charge >= 0.3 is 0 Å². The van der Waals surface area contributed by atoms with Crippen molar-refractivity contribution in [3.05, 3.63) is 64.2 Å². The third-order valence-electron chi connectivity index (χ3n) is 6.25. The summed E-state index contributed by atoms with van der Waals surface area (Å²) in [5.41, 5.74) is -0.621. The molecule has 0 radical (unpaired) electrons. The van der Waals surface area contributed by atoms with E-state index in [1.807, 2.05) is 6.92 Å². The normalized spacial score (nSPS) is 24.4. The molecule has 2 aliphatic heterocycles. The summed E-state index contributed by atoms with van der Waals surface area (Å²) in [6.45, 7) is 4.23. The van der Waals surface area contributed by atoms with Crippen LogP contribution in [0, 0.1) is 17.0 Å². The Morgan fingerprint density at radius 3 is 2.71 bits per heavy atom. The van der Waals surface area contributed by atoms with Crippen molar-refractivity contribution in [2.45, 2.75) is 50.8 Å². The zero-order valence-corrected chi connectivity index (χ0v) is 20.7. The number of hydrogen-bond acceptors (Lipinski definition) is 4. The molecule has 2 heterocycles. The SMILES string of the molecule is C[C@@H]1C[C@H](N2C(=N)N[C@](C)(c3cccc(NC(=O)c4ccc(F)cc4F)c3Cl)CC2=O)CCO1.Cl. The van der Waals surface area contributed by atoms with Gasteiger partial charge in [0.25, 0.3) is 5.91 Å². The van der Waals surface area contributed by atoms with Crippen LogP contribution in [0.2, 0.25) is 5.02 Å². The van der Waals surface area contributed by atoms with Gasteiger partial charge in [-0.15, -0.1) is 12.4 Å². The number of rotatable bonds is 4. The first-order valence-corrected chi connectivity index (χ1v) is 11.3. The summed E-state index contributed by atoms with van der Waals surface area (Å²) in [6, 6.07) is 7.44. The van der Waals surface area contributed by atoms with Gasteiger partial charge in [-0.05, 0) is 50.5 Å². The van der Waals surface area contributed by atoms with Crippen molar-refractivity contribution in [3.8, 4) is 0 Å². The topological polar surface area (TPSA) is 94.5 Å². The van der Waals surface area contributed by atoms with Gasteiger partial charge in [0.2, 0.25) is 5.91 Å². The van der Waals surface area contributed by atoms with Gasteiger partial charge in [0.1, 0.15) is 11.6 Å². The van der Waals surface area contributed by atoms with Crippen molar-refractivity contribution in [3.63, 3.8) is 0 Å². The highest BCUT2D eigenvalue weighted by Crippen LogP contribution is 2.38. The number of nitrogens with zero attached hydrogens (tertiary/aromatic N) is 1. The fourth-order valence-electron chi connectivity index (χ4n) is 4.55. The van der Waals surface area contributed by atoms with Gasteiger partial charge in [0, 0.05) is 18.7 Å². The minimum Gasteiger partial charge on any atom is -0.378 e. The second-order valence-electron chi connectivity index (χ2n) is 8.85. The molecule has 188 valence electrons. The Labute approximate surface area is 213 Å². The summed E-state index contributed by atoms with van der Waals surface area (Å²) in [7, 11) is 0. The molecule has 2 aromatic carbocycles. The first-order valence-electron chi connectivity index (χ1n) is 10.9. The molecule has 0 aromatic heterocycles. The predicted octanol–water partition coefficient (Wildman–Crippen LogP) is 4.83. The van der Waals surface area contributed by atoms with Crippen LogP contribution in [0.1, 0.15) is 49.0 Å². The van der Waals surface area contributed by atoms with E-state index in [0.29, 0.717) is 31.1 Å². The fourth-order valence-corrected chi connectivity index (χ4v) is 4.94. The summed E-state index contributed by atoms with van der Waals surface area (Å²) in [5.74, 6) is -2.79. The van der Waals surface area contributed by atoms with Gasteiger partial charge in [-0.3, -0.25) is 19.9 Å². The maximum Gasteiger partial charge on any atom is 0.258 e. The van der Waals surface area contributed by atoms with Crippen LogP contribution in [-0.2, 0) is 15.1 Å². The van der Waals surface area contributed by atoms with Crippen molar-refractivity contribution in [1.82, 2.24) is 10.2 Å². The number of anilines is 1. The summed E-state index contributed by atoms with van der Waals surface area (Å²) in [4.78, 5) is 27.2. The molecule has 0 bridgehead atoms. The van der Waals surface area contributed by atoms with Crippen molar-refractivity contribution in [2.24, 2.45) is 0 Å². The molecule has 7 nitrogen and oxygen atoms in total. The summed E-state index contributed by atoms with van der Waals surface area (Å²) in [6.07, 6.45) is 1.35. The molecular formula is C24H26Cl2F2N4O3. The lowest BCUT2D eigenvalue weighted by Crippen LogP contribution is -2.63. The molecule has 2 saturated heterocycles. The maximum atomic E-state index is 14.0. The van der Waals surface area contributed by atoms with Gasteiger partial charge in [0.15, 0.2) is 5.96 Å². The monoisotopic (exact) mass is 526 g/mol. The largest absolute Gasteiger partial charge is 0.378 e. The van der Waals surface area contributed by atoms with E-state index in [2.05, 4.69) is 10.6 Å². The number of carbonyl (C=O) groups excluding carboxylic acids is 2. The van der Waals surface area contributed by atoms with E-state index in [4.69, 9.17) is 21.7 Å². The smallest absolute Gasteiger partial charge is 0.258 e. The third-order valence-corrected chi connectivity index (χ3v) is 6.66. The highest BCUT2D eigenvalue weighted by molar-refractivity contribution is 6.35. The Morgan fingerprint density at radius 1 is 1.31 bits per heavy atom. The van der Waals surface area contributed by atoms with Crippen molar-refractivity contribution >= 4 is 47.5 Å². The molecular weight excluding hydrogens is 501 g/mol. The minimum atomic E-state index is -1.000. The number of ether oxygens (including phenoxy) is 1. The Kier molecular flexibility index (Phi) is 8.03. The van der Waals surface area contributed by atoms with E-state index >= 15 is 0 Å². The summed E-state index contributed by atoms with van der Waals surface area (Å²) in [5, 5.41) is 14.4. The van der Waals surface area contributed by atoms with Crippen LogP contribution in [0.3, 0.4) is 0 Å². The van der Waals surface area contributed by atoms with E-state index in [9.17, 15) is 18.4 Å². The molecule has 2 amide bonds. The summed E-state index contributed by atoms with van der Waals surface area (Å²) < 4.78 is 32.8. The van der Waals surface area contributed by atoms with Gasteiger partial charge in [-0.25, -0.2) is 8.78 Å². The number of amides is 2. The van der Waals surface area contributed by atoms with Crippen LogP contribution in [0.4, 0.5) is 14.5 Å². The highest BCUT2D eigenvalue weighted by Gasteiger charge is 2.43. The molecule has 11 heteroatoms. The van der Waals surface area contributed by atoms with Crippen molar-refractivity contribution < 1.29 is 23.1 Å². The Balaban J connectivity index is 0.00000342. The zero-order chi connectivity index (χ0) is 24.6. The van der Waals surface area contributed by atoms with Crippen LogP contribution in [0.25, 0.3) is 0 Å². The Morgan fingerprint density at radius 2 is 2.06 bits per heavy atom. The van der Waals surface area contributed by atoms with Crippen LogP contribution in [-0.4, -0.2) is 41.4 Å². The maximum absolute atomic E-state index is 14.0. The lowest BCUT2D eigenvalue weighted by Gasteiger charge is -2.45. The van der Waals surface area contributed by atoms with Gasteiger partial charge < -0.3 is 15.4 Å². The van der Waals surface area contributed by atoms with Crippen LogP contribution < -0.4 is 10.6 Å². The lowest BCUT2D eigenvalue weighted by molar-refractivity contribution is -0.134. The number of hydrogen-bond donors (Lipinski definition) is 3. The van der Waals surface area contributed by atoms with Crippen LogP contribution >= 0.6 is 24.0 Å². The number of nitrogens with one attached hydrogen (secondary N) is 3. The van der Waals surface area contributed by atoms with E-state index in [-0.39, 0.29) is 59.1 Å². The van der Waals surface area contributed by atoms with E-state index < -0.39 is 23.1 Å². The molecule has 35 heavy (non-hydrogen) atoms. The Hall–Kier alpha value is -2.75. The molecule has 2 aromatic rings. The quantitative estimate of drug-likeness (QED) is 0.531. The number of carbonyl (C=O) groups is 2. The second-order valence-corrected chi connectivity index (χ2v) is 9.23. The standard InChI is InChI=1S/C24H25ClF2N4O3.ClH/c1-13-10-15(8-9-34-13)31-20(32)12-24(2,30-23(31)28)17-4-3-5-19(21(17)25)29-22(33)16-7-6-14(26)11-18(16)27;/h3-7,11,13,15H,8-10,12H2,1-2H3,(H2,28,30)(H,29,33);1H/t13-,15-,24+;/m1./s1. The number of halogens is 4. The van der Waals surface area contributed by atoms with E-state index in [1.165, 1.54) is 4.90 Å². The molecule has 4 rings (SSSR count). The molecule has 2 fully saturated rings. The molecule has 0 saturated carbocycles.